The van der Waals surface area contributed by atoms with Crippen molar-refractivity contribution in [2.24, 2.45) is 10.3 Å². The van der Waals surface area contributed by atoms with Gasteiger partial charge in [0.25, 0.3) is 0 Å². The fourth-order valence-corrected chi connectivity index (χ4v) is 2.66. The van der Waals surface area contributed by atoms with Crippen LogP contribution < -0.4 is 5.43 Å². The van der Waals surface area contributed by atoms with Crippen molar-refractivity contribution in [3.05, 3.63) is 0 Å². The van der Waals surface area contributed by atoms with Gasteiger partial charge in [-0.2, -0.15) is 25.3 Å². The van der Waals surface area contributed by atoms with Crippen LogP contribution in [0, 0.1) is 0 Å². The smallest absolute Gasteiger partial charge is 0.243 e. The zero-order chi connectivity index (χ0) is 11.6. The summed E-state index contributed by atoms with van der Waals surface area (Å²) in [5, 5.41) is 5.89. The van der Waals surface area contributed by atoms with Crippen molar-refractivity contribution in [3.63, 3.8) is 0 Å². The maximum absolute atomic E-state index is 10.6. The van der Waals surface area contributed by atoms with E-state index in [-0.39, 0.29) is 88.7 Å². The zero-order valence-corrected chi connectivity index (χ0v) is 18.0. The second-order valence-corrected chi connectivity index (χ2v) is 4.59. The molecule has 1 aliphatic heterocycles. The van der Waals surface area contributed by atoms with Gasteiger partial charge in [-0.05, 0) is 0 Å². The summed E-state index contributed by atoms with van der Waals surface area (Å²) < 4.78 is 63.3. The van der Waals surface area contributed by atoms with E-state index in [4.69, 9.17) is 0 Å². The van der Waals surface area contributed by atoms with Crippen molar-refractivity contribution in [2.45, 2.75) is 0 Å². The van der Waals surface area contributed by atoms with Crippen LogP contribution in [-0.4, -0.2) is 129 Å². The van der Waals surface area contributed by atoms with E-state index in [1.165, 1.54) is 0 Å². The minimum absolute atomic E-state index is 0. The van der Waals surface area contributed by atoms with Crippen molar-refractivity contribution < 1.29 is 25.3 Å². The molecule has 1 N–H and O–H groups in total. The Bertz CT molecular complexity index is 720. The summed E-state index contributed by atoms with van der Waals surface area (Å²) in [7, 11) is -9.02. The first-order chi connectivity index (χ1) is 6.95. The van der Waals surface area contributed by atoms with Crippen molar-refractivity contribution in [2.75, 3.05) is 0 Å². The molecule has 85 valence electrons. The molecular weight excluding hydrogens is 339 g/mol. The average Bonchev–Trinajstić information content (AvgIpc) is 2.16. The molecule has 0 aromatic carbocycles. The number of rotatable bonds is 0. The van der Waals surface area contributed by atoms with Crippen molar-refractivity contribution >= 4 is 134 Å². The van der Waals surface area contributed by atoms with Gasteiger partial charge in [0.1, 0.15) is 0 Å². The summed E-state index contributed by atoms with van der Waals surface area (Å²) in [5.74, 6) is 0. The second kappa shape index (κ2) is 11.2. The standard InChI is InChI=1S/C3HN3O6S3.3Na/c7-13(8)1-2(14(9)10)4-6-5-3(1)15(11)12;;;/h(H,4,5);;;. The first kappa shape index (κ1) is 24.5. The van der Waals surface area contributed by atoms with E-state index >= 15 is 0 Å². The Morgan fingerprint density at radius 2 is 1.28 bits per heavy atom. The third-order valence-electron chi connectivity index (χ3n) is 1.18. The molecular formula is C3HN3Na3O6S3. The number of nitrogens with one attached hydrogen (secondary N) is 1. The third kappa shape index (κ3) is 6.28. The molecule has 9 nitrogen and oxygen atoms in total. The molecule has 0 fully saturated rings. The molecule has 0 aliphatic carbocycles. The quantitative estimate of drug-likeness (QED) is 0.349. The summed E-state index contributed by atoms with van der Waals surface area (Å²) in [6.45, 7) is 0. The van der Waals surface area contributed by atoms with Crippen LogP contribution in [0.4, 0.5) is 0 Å². The average molecular weight is 340 g/mol. The molecule has 0 aromatic rings. The minimum atomic E-state index is -3.06. The van der Waals surface area contributed by atoms with Gasteiger partial charge in [-0.3, -0.25) is 0 Å². The Morgan fingerprint density at radius 1 is 0.778 bits per heavy atom. The molecule has 0 saturated carbocycles. The Labute approximate surface area is 172 Å². The summed E-state index contributed by atoms with van der Waals surface area (Å²) in [6.07, 6.45) is 0. The molecule has 0 amide bonds. The molecule has 3 radical (unpaired) electrons. The predicted molar refractivity (Wildman–Crippen MR) is 67.0 cm³/mol. The van der Waals surface area contributed by atoms with Crippen LogP contribution in [0.2, 0.25) is 0 Å². The summed E-state index contributed by atoms with van der Waals surface area (Å²) >= 11 is 0. The Kier molecular flexibility index (Phi) is 15.2. The number of hydrogen-bond acceptors (Lipinski definition) is 7. The van der Waals surface area contributed by atoms with Gasteiger partial charge < -0.3 is 0 Å². The van der Waals surface area contributed by atoms with Gasteiger partial charge in [-0.25, -0.2) is 5.43 Å². The summed E-state index contributed by atoms with van der Waals surface area (Å²) in [5.41, 5.74) is 1.77. The van der Waals surface area contributed by atoms with Crippen molar-refractivity contribution in [1.29, 1.82) is 0 Å². The van der Waals surface area contributed by atoms with E-state index in [1.807, 2.05) is 0 Å². The van der Waals surface area contributed by atoms with Crippen LogP contribution in [0.25, 0.3) is 0 Å². The van der Waals surface area contributed by atoms with E-state index in [0.717, 1.165) is 0 Å². The summed E-state index contributed by atoms with van der Waals surface area (Å²) in [6, 6.07) is 0. The van der Waals surface area contributed by atoms with Gasteiger partial charge in [0.15, 0.2) is 4.86 Å². The van der Waals surface area contributed by atoms with Crippen LogP contribution in [-0.2, 0) is 30.9 Å². The minimum Gasteiger partial charge on any atom is -0.243 e. The maximum Gasteiger partial charge on any atom is 0.244 e. The van der Waals surface area contributed by atoms with Gasteiger partial charge in [-0.15, -0.1) is 5.11 Å². The van der Waals surface area contributed by atoms with E-state index in [1.54, 1.807) is 5.43 Å². The first-order valence-corrected chi connectivity index (χ1v) is 6.23. The Morgan fingerprint density at radius 3 is 1.61 bits per heavy atom. The van der Waals surface area contributed by atoms with E-state index in [9.17, 15) is 25.3 Å². The largest absolute Gasteiger partial charge is 0.244 e. The summed E-state index contributed by atoms with van der Waals surface area (Å²) in [4.78, 5) is -2.79. The zero-order valence-electron chi connectivity index (χ0n) is 9.57. The van der Waals surface area contributed by atoms with Gasteiger partial charge in [-0.1, -0.05) is 5.22 Å². The molecule has 0 atom stereocenters. The van der Waals surface area contributed by atoms with Crippen molar-refractivity contribution in [3.8, 4) is 0 Å². The van der Waals surface area contributed by atoms with Crippen LogP contribution in [0.15, 0.2) is 10.3 Å². The van der Waals surface area contributed by atoms with E-state index < -0.39 is 45.7 Å². The van der Waals surface area contributed by atoms with Gasteiger partial charge in [0.05, 0.1) is 0 Å². The van der Waals surface area contributed by atoms with Crippen LogP contribution in [0.3, 0.4) is 0 Å². The molecule has 0 spiro atoms. The molecule has 0 unspecified atom stereocenters. The van der Waals surface area contributed by atoms with Crippen LogP contribution in [0.5, 0.6) is 0 Å². The molecule has 1 aliphatic rings. The van der Waals surface area contributed by atoms with E-state index in [0.29, 0.717) is 0 Å². The van der Waals surface area contributed by atoms with Gasteiger partial charge >= 0.3 is 0 Å². The monoisotopic (exact) mass is 340 g/mol. The fraction of sp³-hybridized carbons (Fsp3) is 0. The maximum atomic E-state index is 10.6. The Hall–Kier alpha value is 1.47. The topological polar surface area (TPSA) is 139 Å². The van der Waals surface area contributed by atoms with Crippen LogP contribution >= 0.6 is 0 Å². The second-order valence-electron chi connectivity index (χ2n) is 1.98. The molecule has 15 heteroatoms. The molecule has 0 bridgehead atoms. The third-order valence-corrected chi connectivity index (χ3v) is 3.40. The number of hydrogen-bond donors (Lipinski definition) is 1. The first-order valence-electron chi connectivity index (χ1n) is 3.01. The molecule has 0 saturated heterocycles. The molecule has 1 rings (SSSR count). The van der Waals surface area contributed by atoms with E-state index in [2.05, 4.69) is 10.3 Å². The Balaban J connectivity index is -0.000000750. The van der Waals surface area contributed by atoms with Gasteiger partial charge in [0.2, 0.25) is 40.9 Å². The predicted octanol–water partition coefficient (Wildman–Crippen LogP) is -4.12. The molecule has 18 heavy (non-hydrogen) atoms. The fourth-order valence-electron chi connectivity index (χ4n) is 0.678. The molecule has 1 heterocycles. The normalized spacial score (nSPS) is 12.3. The van der Waals surface area contributed by atoms with Gasteiger partial charge in [0, 0.05) is 88.7 Å². The SMILES string of the molecule is O=S(=O)=C1N=NNC(=S(=O)=O)C1=S(=O)=O.[Na].[Na].[Na]. The van der Waals surface area contributed by atoms with Crippen molar-refractivity contribution in [1.82, 2.24) is 5.43 Å². The number of nitrogens with zero attached hydrogens (tertiary/aromatic N) is 2. The van der Waals surface area contributed by atoms with Crippen LogP contribution in [0.1, 0.15) is 0 Å². The molecule has 0 aromatic heterocycles.